The molecule has 8 nitrogen and oxygen atoms in total. The summed E-state index contributed by atoms with van der Waals surface area (Å²) in [5.74, 6) is -0.381. The summed E-state index contributed by atoms with van der Waals surface area (Å²) in [6, 6.07) is 7.63. The van der Waals surface area contributed by atoms with Crippen molar-refractivity contribution in [3.05, 3.63) is 42.4 Å². The molecule has 1 amide bonds. The lowest BCUT2D eigenvalue weighted by Gasteiger charge is -2.23. The highest BCUT2D eigenvalue weighted by Gasteiger charge is 2.46. The average molecular weight is 397 g/mol. The molecule has 28 heavy (non-hydrogen) atoms. The zero-order valence-electron chi connectivity index (χ0n) is 15.4. The number of rotatable bonds is 5. The lowest BCUT2D eigenvalue weighted by molar-refractivity contribution is -0.147. The van der Waals surface area contributed by atoms with Gasteiger partial charge < -0.3 is 10.1 Å². The maximum absolute atomic E-state index is 12.6. The molecule has 1 unspecified atom stereocenters. The first-order valence-electron chi connectivity index (χ1n) is 8.81. The van der Waals surface area contributed by atoms with Crippen LogP contribution >= 0.6 is 11.8 Å². The molecular formula is C19H19N5O3S. The van der Waals surface area contributed by atoms with Crippen LogP contribution in [0.5, 0.6) is 0 Å². The number of fused-ring (bicyclic) bond motifs is 1. The molecule has 0 saturated carbocycles. The number of aromatic nitrogens is 4. The predicted octanol–water partition coefficient (Wildman–Crippen LogP) is 2.93. The summed E-state index contributed by atoms with van der Waals surface area (Å²) in [5.41, 5.74) is 1.64. The van der Waals surface area contributed by atoms with Crippen LogP contribution in [0.2, 0.25) is 0 Å². The molecule has 9 heteroatoms. The minimum absolute atomic E-state index is 0.1000. The van der Waals surface area contributed by atoms with Crippen LogP contribution in [0.3, 0.4) is 0 Å². The van der Waals surface area contributed by atoms with E-state index in [4.69, 9.17) is 4.74 Å². The fraction of sp³-hybridized carbons (Fsp3) is 0.316. The van der Waals surface area contributed by atoms with E-state index >= 15 is 0 Å². The fourth-order valence-electron chi connectivity index (χ4n) is 3.20. The molecule has 2 aromatic heterocycles. The van der Waals surface area contributed by atoms with Crippen molar-refractivity contribution in [2.75, 3.05) is 5.32 Å². The first-order valence-corrected chi connectivity index (χ1v) is 9.79. The van der Waals surface area contributed by atoms with Crippen molar-refractivity contribution < 1.29 is 14.3 Å². The Morgan fingerprint density at radius 1 is 1.39 bits per heavy atom. The number of esters is 1. The molecule has 0 spiro atoms. The van der Waals surface area contributed by atoms with Gasteiger partial charge in [0, 0.05) is 11.4 Å². The summed E-state index contributed by atoms with van der Waals surface area (Å²) >= 11 is 1.57. The maximum atomic E-state index is 12.6. The van der Waals surface area contributed by atoms with E-state index in [2.05, 4.69) is 25.5 Å². The quantitative estimate of drug-likeness (QED) is 0.387. The Morgan fingerprint density at radius 2 is 2.25 bits per heavy atom. The number of hydrogen-bond donors (Lipinski definition) is 2. The summed E-state index contributed by atoms with van der Waals surface area (Å²) in [5, 5.41) is 11.5. The summed E-state index contributed by atoms with van der Waals surface area (Å²) in [4.78, 5) is 32.6. The van der Waals surface area contributed by atoms with Crippen LogP contribution in [0.4, 0.5) is 5.69 Å². The van der Waals surface area contributed by atoms with Gasteiger partial charge in [-0.1, -0.05) is 12.1 Å². The van der Waals surface area contributed by atoms with Gasteiger partial charge in [-0.15, -0.1) is 11.8 Å². The van der Waals surface area contributed by atoms with Crippen LogP contribution in [-0.2, 0) is 20.1 Å². The van der Waals surface area contributed by atoms with Crippen molar-refractivity contribution in [3.8, 4) is 0 Å². The Kier molecular flexibility index (Phi) is 4.76. The molecule has 1 atom stereocenters. The predicted molar refractivity (Wildman–Crippen MR) is 105 cm³/mol. The Balaban J connectivity index is 1.44. The molecule has 4 rings (SSSR count). The van der Waals surface area contributed by atoms with Crippen LogP contribution in [0, 0.1) is 5.92 Å². The Bertz CT molecular complexity index is 1050. The lowest BCUT2D eigenvalue weighted by atomic mass is 9.90. The normalized spacial score (nSPS) is 18.2. The molecule has 144 valence electrons. The number of benzene rings is 1. The highest BCUT2D eigenvalue weighted by atomic mass is 32.2. The third-order valence-electron chi connectivity index (χ3n) is 4.68. The van der Waals surface area contributed by atoms with E-state index < -0.39 is 11.5 Å². The number of carbonyl (C=O) groups excluding carboxylic acids is 2. The maximum Gasteiger partial charge on any atom is 0.307 e. The van der Waals surface area contributed by atoms with E-state index in [0.717, 1.165) is 16.0 Å². The summed E-state index contributed by atoms with van der Waals surface area (Å²) in [6.45, 7) is 3.51. The molecule has 1 saturated heterocycles. The first kappa shape index (κ1) is 18.4. The average Bonchev–Trinajstić information content (AvgIpc) is 3.23. The molecule has 3 aromatic rings. The number of nitrogens with one attached hydrogen (secondary N) is 2. The molecule has 0 radical (unpaired) electrons. The van der Waals surface area contributed by atoms with Crippen LogP contribution in [0.15, 0.2) is 41.8 Å². The molecule has 3 heterocycles. The number of cyclic esters (lactones) is 1. The van der Waals surface area contributed by atoms with Crippen molar-refractivity contribution >= 4 is 40.4 Å². The van der Waals surface area contributed by atoms with Gasteiger partial charge >= 0.3 is 5.97 Å². The Hall–Kier alpha value is -2.94. The second kappa shape index (κ2) is 7.23. The van der Waals surface area contributed by atoms with Crippen LogP contribution in [0.1, 0.15) is 25.8 Å². The van der Waals surface area contributed by atoms with Gasteiger partial charge in [0.1, 0.15) is 17.0 Å². The van der Waals surface area contributed by atoms with Gasteiger partial charge in [-0.25, -0.2) is 9.97 Å². The number of thioether (sulfide) groups is 1. The van der Waals surface area contributed by atoms with E-state index in [9.17, 15) is 9.59 Å². The van der Waals surface area contributed by atoms with Gasteiger partial charge in [0.05, 0.1) is 23.9 Å². The molecule has 2 N–H and O–H groups in total. The second-order valence-electron chi connectivity index (χ2n) is 7.12. The zero-order valence-corrected chi connectivity index (χ0v) is 16.2. The SMILES string of the molecule is CC1(C)OC(=O)CC1C(=O)Nc1cccc(CSc2ncnc3[nH]ncc23)c1. The monoisotopic (exact) mass is 397 g/mol. The molecule has 0 bridgehead atoms. The van der Waals surface area contributed by atoms with E-state index in [0.29, 0.717) is 17.1 Å². The van der Waals surface area contributed by atoms with Crippen molar-refractivity contribution in [3.63, 3.8) is 0 Å². The fourth-order valence-corrected chi connectivity index (χ4v) is 4.11. The number of amides is 1. The molecule has 0 aliphatic carbocycles. The first-order chi connectivity index (χ1) is 13.4. The minimum atomic E-state index is -0.794. The molecule has 1 aromatic carbocycles. The number of hydrogen-bond acceptors (Lipinski definition) is 7. The minimum Gasteiger partial charge on any atom is -0.459 e. The molecule has 1 fully saturated rings. The van der Waals surface area contributed by atoms with Gasteiger partial charge in [0.25, 0.3) is 0 Å². The summed E-state index contributed by atoms with van der Waals surface area (Å²) < 4.78 is 5.24. The number of anilines is 1. The van der Waals surface area contributed by atoms with Gasteiger partial charge in [0.15, 0.2) is 5.65 Å². The highest BCUT2D eigenvalue weighted by Crippen LogP contribution is 2.33. The largest absolute Gasteiger partial charge is 0.459 e. The number of aromatic amines is 1. The van der Waals surface area contributed by atoms with Gasteiger partial charge in [-0.05, 0) is 31.5 Å². The molecule has 1 aliphatic rings. The Labute approximate surface area is 165 Å². The number of carbonyl (C=O) groups is 2. The van der Waals surface area contributed by atoms with E-state index in [1.54, 1.807) is 31.8 Å². The number of nitrogens with zero attached hydrogens (tertiary/aromatic N) is 3. The number of ether oxygens (including phenoxy) is 1. The Morgan fingerprint density at radius 3 is 3.04 bits per heavy atom. The lowest BCUT2D eigenvalue weighted by Crippen LogP contribution is -2.36. The zero-order chi connectivity index (χ0) is 19.7. The van der Waals surface area contributed by atoms with Crippen molar-refractivity contribution in [1.29, 1.82) is 0 Å². The standard InChI is InChI=1S/C19H19N5O3S/c1-19(2)14(7-15(25)27-19)17(26)23-12-5-3-4-11(6-12)9-28-18-13-8-22-24-16(13)20-10-21-18/h3-6,8,10,14H,7,9H2,1-2H3,(H,23,26)(H,20,21,22,24). The van der Waals surface area contributed by atoms with Gasteiger partial charge in [0.2, 0.25) is 5.91 Å². The number of H-pyrrole nitrogens is 1. The van der Waals surface area contributed by atoms with E-state index in [-0.39, 0.29) is 18.3 Å². The van der Waals surface area contributed by atoms with Crippen molar-refractivity contribution in [1.82, 2.24) is 20.2 Å². The van der Waals surface area contributed by atoms with E-state index in [1.165, 1.54) is 6.33 Å². The van der Waals surface area contributed by atoms with Crippen LogP contribution in [0.25, 0.3) is 11.0 Å². The third kappa shape index (κ3) is 3.70. The third-order valence-corrected chi connectivity index (χ3v) is 5.76. The van der Waals surface area contributed by atoms with Gasteiger partial charge in [-0.2, -0.15) is 5.10 Å². The smallest absolute Gasteiger partial charge is 0.307 e. The van der Waals surface area contributed by atoms with Crippen molar-refractivity contribution in [2.45, 2.75) is 36.6 Å². The topological polar surface area (TPSA) is 110 Å². The molecule has 1 aliphatic heterocycles. The van der Waals surface area contributed by atoms with Crippen molar-refractivity contribution in [2.24, 2.45) is 5.92 Å². The van der Waals surface area contributed by atoms with Gasteiger partial charge in [-0.3, -0.25) is 14.7 Å². The summed E-state index contributed by atoms with van der Waals surface area (Å²) in [6.07, 6.45) is 3.32. The van der Waals surface area contributed by atoms with Crippen LogP contribution < -0.4 is 5.32 Å². The highest BCUT2D eigenvalue weighted by molar-refractivity contribution is 7.98. The van der Waals surface area contributed by atoms with Crippen LogP contribution in [-0.4, -0.2) is 37.6 Å². The second-order valence-corrected chi connectivity index (χ2v) is 8.09. The van der Waals surface area contributed by atoms with E-state index in [1.807, 2.05) is 24.3 Å². The summed E-state index contributed by atoms with van der Waals surface area (Å²) in [7, 11) is 0. The molecular weight excluding hydrogens is 378 g/mol.